The third kappa shape index (κ3) is 5.23. The maximum absolute atomic E-state index is 12.9. The Kier molecular flexibility index (Phi) is 7.18. The molecule has 8 nitrogen and oxygen atoms in total. The molecule has 1 aromatic carbocycles. The molecule has 2 aliphatic rings. The van der Waals surface area contributed by atoms with Crippen LogP contribution in [0, 0.1) is 5.92 Å². The number of rotatable bonds is 5. The van der Waals surface area contributed by atoms with Crippen LogP contribution < -0.4 is 15.5 Å². The van der Waals surface area contributed by atoms with E-state index in [1.807, 2.05) is 19.9 Å². The van der Waals surface area contributed by atoms with Crippen molar-refractivity contribution in [1.82, 2.24) is 10.2 Å². The van der Waals surface area contributed by atoms with Gasteiger partial charge in [-0.05, 0) is 57.7 Å². The Bertz CT molecular complexity index is 781. The van der Waals surface area contributed by atoms with E-state index in [4.69, 9.17) is 4.74 Å². The molecular weight excluding hydrogens is 384 g/mol. The van der Waals surface area contributed by atoms with Crippen LogP contribution in [0.25, 0.3) is 0 Å². The van der Waals surface area contributed by atoms with E-state index < -0.39 is 5.97 Å². The standard InChI is InChI=1S/C22H32N4O4/c1-15(2)23-20(27)16-8-12-26(13-9-16)22(29)24-18-14-17(21(28)30-3)6-7-19(18)25-10-4-5-11-25/h6-7,14-16H,4-5,8-13H2,1-3H3,(H,23,27)(H,24,29). The third-order valence-electron chi connectivity index (χ3n) is 5.69. The first kappa shape index (κ1) is 21.9. The molecule has 0 bridgehead atoms. The predicted octanol–water partition coefficient (Wildman–Crippen LogP) is 2.84. The number of anilines is 2. The Morgan fingerprint density at radius 3 is 2.33 bits per heavy atom. The smallest absolute Gasteiger partial charge is 0.337 e. The van der Waals surface area contributed by atoms with Crippen molar-refractivity contribution < 1.29 is 19.1 Å². The molecule has 0 saturated carbocycles. The molecule has 8 heteroatoms. The number of esters is 1. The Hall–Kier alpha value is -2.77. The lowest BCUT2D eigenvalue weighted by Gasteiger charge is -2.32. The number of carbonyl (C=O) groups excluding carboxylic acids is 3. The van der Waals surface area contributed by atoms with Crippen LogP contribution >= 0.6 is 0 Å². The molecule has 164 valence electrons. The predicted molar refractivity (Wildman–Crippen MR) is 116 cm³/mol. The molecule has 3 rings (SSSR count). The highest BCUT2D eigenvalue weighted by atomic mass is 16.5. The number of likely N-dealkylation sites (tertiary alicyclic amines) is 1. The second-order valence-electron chi connectivity index (χ2n) is 8.27. The first-order valence-corrected chi connectivity index (χ1v) is 10.7. The summed E-state index contributed by atoms with van der Waals surface area (Å²) >= 11 is 0. The van der Waals surface area contributed by atoms with E-state index in [0.717, 1.165) is 31.6 Å². The van der Waals surface area contributed by atoms with E-state index in [-0.39, 0.29) is 23.9 Å². The average Bonchev–Trinajstić information content (AvgIpc) is 3.27. The summed E-state index contributed by atoms with van der Waals surface area (Å²) in [5, 5.41) is 5.94. The SMILES string of the molecule is COC(=O)c1ccc(N2CCCC2)c(NC(=O)N2CCC(C(=O)NC(C)C)CC2)c1. The van der Waals surface area contributed by atoms with E-state index in [9.17, 15) is 14.4 Å². The number of nitrogens with one attached hydrogen (secondary N) is 2. The van der Waals surface area contributed by atoms with Crippen LogP contribution in [-0.4, -0.2) is 62.1 Å². The van der Waals surface area contributed by atoms with Crippen molar-refractivity contribution in [3.05, 3.63) is 23.8 Å². The number of urea groups is 1. The summed E-state index contributed by atoms with van der Waals surface area (Å²) < 4.78 is 4.83. The van der Waals surface area contributed by atoms with Gasteiger partial charge in [0.15, 0.2) is 0 Å². The number of nitrogens with zero attached hydrogens (tertiary/aromatic N) is 2. The summed E-state index contributed by atoms with van der Waals surface area (Å²) in [4.78, 5) is 41.1. The summed E-state index contributed by atoms with van der Waals surface area (Å²) in [6, 6.07) is 5.19. The fourth-order valence-electron chi connectivity index (χ4n) is 4.06. The molecule has 0 unspecified atom stereocenters. The molecule has 0 aromatic heterocycles. The lowest BCUT2D eigenvalue weighted by Crippen LogP contribution is -2.45. The minimum atomic E-state index is -0.435. The highest BCUT2D eigenvalue weighted by molar-refractivity contribution is 5.97. The Labute approximate surface area is 177 Å². The zero-order chi connectivity index (χ0) is 21.7. The second kappa shape index (κ2) is 9.82. The molecular formula is C22H32N4O4. The summed E-state index contributed by atoms with van der Waals surface area (Å²) in [5.41, 5.74) is 1.93. The molecule has 2 heterocycles. The van der Waals surface area contributed by atoms with Gasteiger partial charge in [-0.2, -0.15) is 0 Å². The molecule has 2 fully saturated rings. The van der Waals surface area contributed by atoms with Crippen LogP contribution in [0.4, 0.5) is 16.2 Å². The molecule has 0 radical (unpaired) electrons. The zero-order valence-corrected chi connectivity index (χ0v) is 18.1. The van der Waals surface area contributed by atoms with Crippen molar-refractivity contribution in [3.8, 4) is 0 Å². The quantitative estimate of drug-likeness (QED) is 0.721. The number of methoxy groups -OCH3 is 1. The lowest BCUT2D eigenvalue weighted by molar-refractivity contribution is -0.126. The number of piperidine rings is 1. The Morgan fingerprint density at radius 2 is 1.73 bits per heavy atom. The molecule has 0 spiro atoms. The van der Waals surface area contributed by atoms with Crippen LogP contribution in [0.3, 0.4) is 0 Å². The van der Waals surface area contributed by atoms with Crippen LogP contribution in [0.5, 0.6) is 0 Å². The van der Waals surface area contributed by atoms with Crippen LogP contribution in [0.1, 0.15) is 49.9 Å². The number of hydrogen-bond acceptors (Lipinski definition) is 5. The van der Waals surface area contributed by atoms with Gasteiger partial charge in [0, 0.05) is 38.1 Å². The van der Waals surface area contributed by atoms with E-state index in [1.165, 1.54) is 7.11 Å². The van der Waals surface area contributed by atoms with Gasteiger partial charge in [0.05, 0.1) is 24.0 Å². The van der Waals surface area contributed by atoms with Crippen molar-refractivity contribution in [3.63, 3.8) is 0 Å². The average molecular weight is 417 g/mol. The van der Waals surface area contributed by atoms with Crippen molar-refractivity contribution in [2.24, 2.45) is 5.92 Å². The van der Waals surface area contributed by atoms with Gasteiger partial charge in [0.1, 0.15) is 0 Å². The summed E-state index contributed by atoms with van der Waals surface area (Å²) in [6.07, 6.45) is 3.51. The number of ether oxygens (including phenoxy) is 1. The van der Waals surface area contributed by atoms with Gasteiger partial charge >= 0.3 is 12.0 Å². The molecule has 0 atom stereocenters. The molecule has 1 aromatic rings. The van der Waals surface area contributed by atoms with Gasteiger partial charge in [0.2, 0.25) is 5.91 Å². The summed E-state index contributed by atoms with van der Waals surface area (Å²) in [7, 11) is 1.34. The van der Waals surface area contributed by atoms with Gasteiger partial charge in [0.25, 0.3) is 0 Å². The maximum Gasteiger partial charge on any atom is 0.337 e. The highest BCUT2D eigenvalue weighted by Gasteiger charge is 2.28. The number of carbonyl (C=O) groups is 3. The molecule has 3 amide bonds. The van der Waals surface area contributed by atoms with Gasteiger partial charge < -0.3 is 25.2 Å². The van der Waals surface area contributed by atoms with Crippen LogP contribution in [0.2, 0.25) is 0 Å². The number of hydrogen-bond donors (Lipinski definition) is 2. The second-order valence-corrected chi connectivity index (χ2v) is 8.27. The summed E-state index contributed by atoms with van der Waals surface area (Å²) in [6.45, 7) is 6.80. The van der Waals surface area contributed by atoms with E-state index in [2.05, 4.69) is 15.5 Å². The summed E-state index contributed by atoms with van der Waals surface area (Å²) in [5.74, 6) is -0.429. The number of benzene rings is 1. The zero-order valence-electron chi connectivity index (χ0n) is 18.1. The van der Waals surface area contributed by atoms with Gasteiger partial charge in [-0.15, -0.1) is 0 Å². The topological polar surface area (TPSA) is 91.0 Å². The fraction of sp³-hybridized carbons (Fsp3) is 0.591. The van der Waals surface area contributed by atoms with Crippen molar-refractivity contribution in [2.45, 2.75) is 45.6 Å². The van der Waals surface area contributed by atoms with E-state index in [0.29, 0.717) is 37.2 Å². The largest absolute Gasteiger partial charge is 0.465 e. The van der Waals surface area contributed by atoms with Gasteiger partial charge in [-0.25, -0.2) is 9.59 Å². The maximum atomic E-state index is 12.9. The van der Waals surface area contributed by atoms with E-state index >= 15 is 0 Å². The van der Waals surface area contributed by atoms with E-state index in [1.54, 1.807) is 17.0 Å². The van der Waals surface area contributed by atoms with Crippen LogP contribution in [0.15, 0.2) is 18.2 Å². The molecule has 2 N–H and O–H groups in total. The van der Waals surface area contributed by atoms with Gasteiger partial charge in [-0.1, -0.05) is 0 Å². The van der Waals surface area contributed by atoms with Crippen molar-refractivity contribution in [1.29, 1.82) is 0 Å². The minimum absolute atomic E-state index is 0.0562. The van der Waals surface area contributed by atoms with Gasteiger partial charge in [-0.3, -0.25) is 4.79 Å². The normalized spacial score (nSPS) is 17.2. The molecule has 0 aliphatic carbocycles. The Balaban J connectivity index is 1.68. The highest BCUT2D eigenvalue weighted by Crippen LogP contribution is 2.31. The molecule has 2 aliphatic heterocycles. The minimum Gasteiger partial charge on any atom is -0.465 e. The Morgan fingerprint density at radius 1 is 1.07 bits per heavy atom. The third-order valence-corrected chi connectivity index (χ3v) is 5.69. The fourth-order valence-corrected chi connectivity index (χ4v) is 4.06. The first-order chi connectivity index (χ1) is 14.4. The lowest BCUT2D eigenvalue weighted by atomic mass is 9.96. The molecule has 2 saturated heterocycles. The van der Waals surface area contributed by atoms with Crippen LogP contribution in [-0.2, 0) is 9.53 Å². The first-order valence-electron chi connectivity index (χ1n) is 10.7. The number of amides is 3. The van der Waals surface area contributed by atoms with Crippen molar-refractivity contribution >= 4 is 29.3 Å². The van der Waals surface area contributed by atoms with Crippen molar-refractivity contribution in [2.75, 3.05) is 43.5 Å². The monoisotopic (exact) mass is 416 g/mol. The molecule has 30 heavy (non-hydrogen) atoms.